The summed E-state index contributed by atoms with van der Waals surface area (Å²) < 4.78 is 14.4. The lowest BCUT2D eigenvalue weighted by molar-refractivity contribution is -0.142. The summed E-state index contributed by atoms with van der Waals surface area (Å²) >= 11 is 0. The summed E-state index contributed by atoms with van der Waals surface area (Å²) in [4.78, 5) is 10.4. The number of imidazole rings is 1. The zero-order chi connectivity index (χ0) is 30.3. The molecule has 3 aromatic carbocycles. The predicted molar refractivity (Wildman–Crippen MR) is 172 cm³/mol. The molecule has 3 aromatic heterocycles. The van der Waals surface area contributed by atoms with Crippen LogP contribution < -0.4 is 0 Å². The minimum absolute atomic E-state index is 0.507. The number of nitrogens with zero attached hydrogens (tertiary/aromatic N) is 6. The number of benzene rings is 3. The molecule has 0 unspecified atom stereocenters. The molecule has 1 N–H and O–H groups in total. The number of hydrogen-bond donors (Lipinski definition) is 1. The number of tetrazole rings is 1. The smallest absolute Gasteiger partial charge is 0.201 e. The quantitative estimate of drug-likeness (QED) is 0.140. The highest BCUT2D eigenvalue weighted by Gasteiger charge is 2.23. The van der Waals surface area contributed by atoms with E-state index >= 15 is 0 Å². The van der Waals surface area contributed by atoms with Gasteiger partial charge in [0.15, 0.2) is 11.5 Å². The standard InChI is InChI=1S/C35H37N7O2/c1-4-7-18-31-36-30-22-28(26-16-12-9-13-17-26)32(35(43-5-2)44-6-3)37-34(30)42(31)23-24-19-20-27(25-14-10-8-11-15-25)29(21-24)33-38-40-41-39-33/h8-17,19-22,35H,4-7,18,23H2,1-3H3,(H,38,39,40,41). The number of aryl methyl sites for hydroxylation is 1. The van der Waals surface area contributed by atoms with Crippen molar-refractivity contribution < 1.29 is 9.47 Å². The molecule has 0 atom stereocenters. The van der Waals surface area contributed by atoms with Crippen molar-refractivity contribution in [3.05, 3.63) is 102 Å². The van der Waals surface area contributed by atoms with Crippen molar-refractivity contribution in [3.63, 3.8) is 0 Å². The average Bonchev–Trinajstić information content (AvgIpc) is 3.72. The van der Waals surface area contributed by atoms with E-state index in [1.807, 2.05) is 50.2 Å². The van der Waals surface area contributed by atoms with Gasteiger partial charge in [-0.1, -0.05) is 86.1 Å². The van der Waals surface area contributed by atoms with Gasteiger partial charge in [-0.3, -0.25) is 0 Å². The van der Waals surface area contributed by atoms with Crippen LogP contribution in [0.5, 0.6) is 0 Å². The molecule has 6 rings (SSSR count). The first-order chi connectivity index (χ1) is 21.7. The maximum atomic E-state index is 6.09. The van der Waals surface area contributed by atoms with Crippen LogP contribution in [-0.2, 0) is 22.4 Å². The molecule has 9 nitrogen and oxygen atoms in total. The molecular weight excluding hydrogens is 550 g/mol. The molecule has 224 valence electrons. The normalized spacial score (nSPS) is 11.5. The van der Waals surface area contributed by atoms with E-state index in [1.54, 1.807) is 0 Å². The van der Waals surface area contributed by atoms with Crippen LogP contribution >= 0.6 is 0 Å². The summed E-state index contributed by atoms with van der Waals surface area (Å²) in [5.41, 5.74) is 8.61. The number of unbranched alkanes of at least 4 members (excludes halogenated alkanes) is 1. The van der Waals surface area contributed by atoms with Gasteiger partial charge in [-0.15, -0.1) is 5.10 Å². The molecule has 0 saturated carbocycles. The number of H-pyrrole nitrogens is 1. The number of hydrogen-bond acceptors (Lipinski definition) is 7. The van der Waals surface area contributed by atoms with Gasteiger partial charge >= 0.3 is 0 Å². The highest BCUT2D eigenvalue weighted by Crippen LogP contribution is 2.34. The molecular formula is C35H37N7O2. The van der Waals surface area contributed by atoms with E-state index in [1.165, 1.54) is 0 Å². The SMILES string of the molecule is CCCCc1nc2cc(-c3ccccc3)c(C(OCC)OCC)nc2n1Cc1ccc(-c2ccccc2)c(-c2nnn[nH]2)c1. The van der Waals surface area contributed by atoms with Gasteiger partial charge in [0.25, 0.3) is 0 Å². The van der Waals surface area contributed by atoms with Gasteiger partial charge in [0, 0.05) is 30.8 Å². The van der Waals surface area contributed by atoms with Crippen molar-refractivity contribution in [2.24, 2.45) is 0 Å². The lowest BCUT2D eigenvalue weighted by Crippen LogP contribution is -2.13. The largest absolute Gasteiger partial charge is 0.347 e. The molecule has 0 radical (unpaired) electrons. The Kier molecular flexibility index (Phi) is 9.14. The average molecular weight is 588 g/mol. The number of pyridine rings is 1. The summed E-state index contributed by atoms with van der Waals surface area (Å²) in [5.74, 6) is 1.63. The van der Waals surface area contributed by atoms with Crippen molar-refractivity contribution in [1.29, 1.82) is 0 Å². The fraction of sp³-hybridized carbons (Fsp3) is 0.286. The van der Waals surface area contributed by atoms with Gasteiger partial charge in [-0.05, 0) is 65.1 Å². The van der Waals surface area contributed by atoms with Crippen LogP contribution in [0.4, 0.5) is 0 Å². The molecule has 3 heterocycles. The van der Waals surface area contributed by atoms with Crippen LogP contribution in [-0.4, -0.2) is 48.4 Å². The Morgan fingerprint density at radius 2 is 1.48 bits per heavy atom. The Balaban J connectivity index is 1.50. The predicted octanol–water partition coefficient (Wildman–Crippen LogP) is 7.41. The number of fused-ring (bicyclic) bond motifs is 1. The van der Waals surface area contributed by atoms with Gasteiger partial charge in [0.05, 0.1) is 6.54 Å². The van der Waals surface area contributed by atoms with Gasteiger partial charge in [-0.25, -0.2) is 15.1 Å². The minimum atomic E-state index is -0.595. The first-order valence-corrected chi connectivity index (χ1v) is 15.3. The lowest BCUT2D eigenvalue weighted by Gasteiger charge is -2.20. The molecule has 44 heavy (non-hydrogen) atoms. The number of nitrogens with one attached hydrogen (secondary N) is 1. The molecule has 0 aliphatic heterocycles. The first kappa shape index (κ1) is 29.3. The van der Waals surface area contributed by atoms with Crippen LogP contribution in [0.1, 0.15) is 57.0 Å². The Labute approximate surface area is 257 Å². The minimum Gasteiger partial charge on any atom is -0.347 e. The number of aromatic amines is 1. The lowest BCUT2D eigenvalue weighted by atomic mass is 9.97. The van der Waals surface area contributed by atoms with E-state index in [-0.39, 0.29) is 0 Å². The highest BCUT2D eigenvalue weighted by molar-refractivity contribution is 5.82. The second kappa shape index (κ2) is 13.7. The molecule has 0 aliphatic carbocycles. The molecule has 0 saturated heterocycles. The number of aromatic nitrogens is 7. The van der Waals surface area contributed by atoms with Crippen LogP contribution in [0.25, 0.3) is 44.8 Å². The van der Waals surface area contributed by atoms with Crippen molar-refractivity contribution in [2.75, 3.05) is 13.2 Å². The molecule has 6 aromatic rings. The maximum Gasteiger partial charge on any atom is 0.201 e. The summed E-state index contributed by atoms with van der Waals surface area (Å²) in [6, 6.07) is 29.1. The third kappa shape index (κ3) is 6.15. The van der Waals surface area contributed by atoms with E-state index in [4.69, 9.17) is 19.4 Å². The van der Waals surface area contributed by atoms with Crippen molar-refractivity contribution in [1.82, 2.24) is 35.2 Å². The third-order valence-corrected chi connectivity index (χ3v) is 7.64. The van der Waals surface area contributed by atoms with E-state index in [0.717, 1.165) is 75.3 Å². The Morgan fingerprint density at radius 1 is 0.773 bits per heavy atom. The second-order valence-electron chi connectivity index (χ2n) is 10.6. The van der Waals surface area contributed by atoms with Gasteiger partial charge in [0.1, 0.15) is 17.0 Å². The van der Waals surface area contributed by atoms with Gasteiger partial charge < -0.3 is 14.0 Å². The van der Waals surface area contributed by atoms with E-state index in [9.17, 15) is 0 Å². The molecule has 0 aliphatic rings. The van der Waals surface area contributed by atoms with Gasteiger partial charge in [0.2, 0.25) is 6.29 Å². The zero-order valence-corrected chi connectivity index (χ0v) is 25.4. The third-order valence-electron chi connectivity index (χ3n) is 7.64. The number of rotatable bonds is 13. The van der Waals surface area contributed by atoms with Crippen molar-refractivity contribution in [3.8, 4) is 33.6 Å². The van der Waals surface area contributed by atoms with E-state index in [2.05, 4.69) is 80.6 Å². The number of ether oxygens (including phenoxy) is 2. The molecule has 0 bridgehead atoms. The Hall–Kier alpha value is -4.73. The molecule has 9 heteroatoms. The Bertz CT molecular complexity index is 1800. The molecule has 0 spiro atoms. The maximum absolute atomic E-state index is 6.09. The van der Waals surface area contributed by atoms with Crippen LogP contribution in [0.3, 0.4) is 0 Å². The zero-order valence-electron chi connectivity index (χ0n) is 25.4. The fourth-order valence-electron chi connectivity index (χ4n) is 5.55. The van der Waals surface area contributed by atoms with Crippen LogP contribution in [0, 0.1) is 0 Å². The van der Waals surface area contributed by atoms with Crippen molar-refractivity contribution in [2.45, 2.75) is 52.9 Å². The van der Waals surface area contributed by atoms with Gasteiger partial charge in [-0.2, -0.15) is 0 Å². The summed E-state index contributed by atoms with van der Waals surface area (Å²) in [6.07, 6.45) is 2.36. The second-order valence-corrected chi connectivity index (χ2v) is 10.6. The summed E-state index contributed by atoms with van der Waals surface area (Å²) in [7, 11) is 0. The topological polar surface area (TPSA) is 104 Å². The fourth-order valence-corrected chi connectivity index (χ4v) is 5.55. The first-order valence-electron chi connectivity index (χ1n) is 15.3. The molecule has 0 amide bonds. The van der Waals surface area contributed by atoms with Crippen LogP contribution in [0.15, 0.2) is 84.9 Å². The highest BCUT2D eigenvalue weighted by atomic mass is 16.7. The Morgan fingerprint density at radius 3 is 2.11 bits per heavy atom. The summed E-state index contributed by atoms with van der Waals surface area (Å²) in [5, 5.41) is 14.9. The van der Waals surface area contributed by atoms with Crippen LogP contribution in [0.2, 0.25) is 0 Å². The van der Waals surface area contributed by atoms with E-state index < -0.39 is 6.29 Å². The summed E-state index contributed by atoms with van der Waals surface area (Å²) in [6.45, 7) is 7.75. The molecule has 0 fully saturated rings. The van der Waals surface area contributed by atoms with Crippen molar-refractivity contribution >= 4 is 11.2 Å². The van der Waals surface area contributed by atoms with E-state index in [0.29, 0.717) is 25.6 Å². The monoisotopic (exact) mass is 587 g/mol.